The van der Waals surface area contributed by atoms with Crippen LogP contribution in [0.4, 0.5) is 0 Å². The molecule has 4 nitrogen and oxygen atoms in total. The van der Waals surface area contributed by atoms with E-state index in [2.05, 4.69) is 4.98 Å². The lowest BCUT2D eigenvalue weighted by atomic mass is 10.2. The number of nitrogens with zero attached hydrogens (tertiary/aromatic N) is 1. The van der Waals surface area contributed by atoms with E-state index >= 15 is 0 Å². The maximum atomic E-state index is 11.1. The number of hydrogen-bond acceptors (Lipinski definition) is 4. The summed E-state index contributed by atoms with van der Waals surface area (Å²) in [5.41, 5.74) is 0.688. The van der Waals surface area contributed by atoms with Crippen LogP contribution in [0.3, 0.4) is 0 Å². The van der Waals surface area contributed by atoms with Gasteiger partial charge in [0.2, 0.25) is 0 Å². The number of rotatable bonds is 4. The summed E-state index contributed by atoms with van der Waals surface area (Å²) < 4.78 is 22.2. The molecule has 0 aliphatic heterocycles. The van der Waals surface area contributed by atoms with Crippen LogP contribution in [0.5, 0.6) is 0 Å². The molecule has 0 fully saturated rings. The minimum absolute atomic E-state index is 0.0251. The van der Waals surface area contributed by atoms with Crippen molar-refractivity contribution in [2.45, 2.75) is 11.4 Å². The highest BCUT2D eigenvalue weighted by molar-refractivity contribution is 7.90. The molecule has 1 aromatic heterocycles. The van der Waals surface area contributed by atoms with Gasteiger partial charge in [0.15, 0.2) is 14.9 Å². The van der Waals surface area contributed by atoms with Crippen LogP contribution in [0, 0.1) is 6.42 Å². The molecule has 0 aliphatic carbocycles. The molecule has 0 saturated heterocycles. The molecular formula is C9H10NO3S. The van der Waals surface area contributed by atoms with Gasteiger partial charge in [-0.25, -0.2) is 13.4 Å². The van der Waals surface area contributed by atoms with Crippen LogP contribution in [-0.4, -0.2) is 25.9 Å². The normalized spacial score (nSPS) is 11.2. The summed E-state index contributed by atoms with van der Waals surface area (Å²) in [7, 11) is -3.27. The molecular weight excluding hydrogens is 202 g/mol. The first-order valence-electron chi connectivity index (χ1n) is 3.97. The number of sulfone groups is 1. The largest absolute Gasteiger partial charge is 0.303 e. The first-order valence-corrected chi connectivity index (χ1v) is 5.86. The highest BCUT2D eigenvalue weighted by Gasteiger charge is 2.08. The molecule has 0 unspecified atom stereocenters. The Morgan fingerprint density at radius 2 is 2.21 bits per heavy atom. The molecule has 1 radical (unpaired) electrons. The zero-order chi connectivity index (χ0) is 10.6. The number of aldehydes is 1. The van der Waals surface area contributed by atoms with Crippen LogP contribution in [0.25, 0.3) is 0 Å². The molecule has 75 valence electrons. The lowest BCUT2D eigenvalue weighted by Crippen LogP contribution is -2.00. The van der Waals surface area contributed by atoms with E-state index in [1.807, 2.05) is 0 Å². The van der Waals surface area contributed by atoms with Crippen LogP contribution < -0.4 is 0 Å². The van der Waals surface area contributed by atoms with Crippen LogP contribution in [0.2, 0.25) is 0 Å². The fraction of sp³-hybridized carbons (Fsp3) is 0.222. The van der Waals surface area contributed by atoms with Crippen LogP contribution in [0.1, 0.15) is 12.0 Å². The molecule has 1 aromatic rings. The Morgan fingerprint density at radius 1 is 1.50 bits per heavy atom. The van der Waals surface area contributed by atoms with Gasteiger partial charge in [-0.15, -0.1) is 0 Å². The summed E-state index contributed by atoms with van der Waals surface area (Å²) in [6, 6.07) is 3.09. The van der Waals surface area contributed by atoms with Crippen molar-refractivity contribution in [1.82, 2.24) is 4.98 Å². The van der Waals surface area contributed by atoms with Gasteiger partial charge in [0.05, 0.1) is 0 Å². The molecule has 0 atom stereocenters. The van der Waals surface area contributed by atoms with E-state index < -0.39 is 9.84 Å². The number of carbonyl (C=O) groups excluding carboxylic acids is 1. The topological polar surface area (TPSA) is 64.1 Å². The Morgan fingerprint density at radius 3 is 2.79 bits per heavy atom. The number of carbonyl (C=O) groups is 1. The molecule has 1 rings (SSSR count). The van der Waals surface area contributed by atoms with Gasteiger partial charge in [-0.3, -0.25) is 0 Å². The Kier molecular flexibility index (Phi) is 3.35. The summed E-state index contributed by atoms with van der Waals surface area (Å²) in [6.45, 7) is 0. The maximum Gasteiger partial charge on any atom is 0.192 e. The zero-order valence-electron chi connectivity index (χ0n) is 7.67. The van der Waals surface area contributed by atoms with Gasteiger partial charge >= 0.3 is 0 Å². The predicted octanol–water partition coefficient (Wildman–Crippen LogP) is 0.626. The minimum atomic E-state index is -3.27. The predicted molar refractivity (Wildman–Crippen MR) is 51.4 cm³/mol. The average molecular weight is 212 g/mol. The Labute approximate surface area is 82.9 Å². The quantitative estimate of drug-likeness (QED) is 0.686. The fourth-order valence-corrected chi connectivity index (χ4v) is 1.54. The smallest absolute Gasteiger partial charge is 0.192 e. The summed E-state index contributed by atoms with van der Waals surface area (Å²) >= 11 is 0. The summed E-state index contributed by atoms with van der Waals surface area (Å²) in [5.74, 6) is 0. The van der Waals surface area contributed by atoms with Crippen molar-refractivity contribution >= 4 is 16.1 Å². The molecule has 5 heteroatoms. The SMILES string of the molecule is CS(=O)(=O)c1cc([CH]CC=O)ccn1. The number of pyridine rings is 1. The standard InChI is InChI=1S/C9H10NO3S/c1-14(12,13)9-7-8(3-2-6-11)4-5-10-9/h3-7H,2H2,1H3. The Balaban J connectivity index is 2.95. The molecule has 0 bridgehead atoms. The van der Waals surface area contributed by atoms with E-state index in [1.54, 1.807) is 12.5 Å². The maximum absolute atomic E-state index is 11.1. The summed E-state index contributed by atoms with van der Waals surface area (Å²) in [5, 5.41) is 0.0251. The van der Waals surface area contributed by atoms with E-state index in [-0.39, 0.29) is 11.4 Å². The van der Waals surface area contributed by atoms with Gasteiger partial charge in [0.1, 0.15) is 6.29 Å². The van der Waals surface area contributed by atoms with Gasteiger partial charge in [-0.1, -0.05) is 0 Å². The van der Waals surface area contributed by atoms with Crippen molar-refractivity contribution in [1.29, 1.82) is 0 Å². The lowest BCUT2D eigenvalue weighted by molar-refractivity contribution is -0.107. The first-order chi connectivity index (χ1) is 6.54. The second kappa shape index (κ2) is 4.32. The number of aromatic nitrogens is 1. The van der Waals surface area contributed by atoms with Crippen molar-refractivity contribution in [3.05, 3.63) is 30.3 Å². The van der Waals surface area contributed by atoms with E-state index in [1.165, 1.54) is 12.3 Å². The lowest BCUT2D eigenvalue weighted by Gasteiger charge is -2.00. The minimum Gasteiger partial charge on any atom is -0.303 e. The second-order valence-electron chi connectivity index (χ2n) is 2.81. The van der Waals surface area contributed by atoms with E-state index in [9.17, 15) is 13.2 Å². The van der Waals surface area contributed by atoms with Crippen molar-refractivity contribution in [3.8, 4) is 0 Å². The molecule has 0 spiro atoms. The third kappa shape index (κ3) is 2.92. The highest BCUT2D eigenvalue weighted by Crippen LogP contribution is 2.10. The van der Waals surface area contributed by atoms with Crippen LogP contribution in [0.15, 0.2) is 23.4 Å². The monoisotopic (exact) mass is 212 g/mol. The molecule has 0 N–H and O–H groups in total. The fourth-order valence-electron chi connectivity index (χ4n) is 0.939. The summed E-state index contributed by atoms with van der Waals surface area (Å²) in [4.78, 5) is 13.8. The zero-order valence-corrected chi connectivity index (χ0v) is 8.49. The molecule has 0 saturated carbocycles. The second-order valence-corrected chi connectivity index (χ2v) is 4.77. The third-order valence-corrected chi connectivity index (χ3v) is 2.57. The summed E-state index contributed by atoms with van der Waals surface area (Å²) in [6.07, 6.45) is 5.17. The highest BCUT2D eigenvalue weighted by atomic mass is 32.2. The average Bonchev–Trinajstić information content (AvgIpc) is 2.14. The van der Waals surface area contributed by atoms with Crippen molar-refractivity contribution in [2.75, 3.05) is 6.26 Å². The molecule has 1 heterocycles. The van der Waals surface area contributed by atoms with E-state index in [4.69, 9.17) is 0 Å². The van der Waals surface area contributed by atoms with E-state index in [0.29, 0.717) is 5.56 Å². The van der Waals surface area contributed by atoms with Gasteiger partial charge in [-0.2, -0.15) is 0 Å². The van der Waals surface area contributed by atoms with Crippen LogP contribution in [-0.2, 0) is 14.6 Å². The molecule has 0 amide bonds. The molecule has 0 aliphatic rings. The third-order valence-electron chi connectivity index (χ3n) is 1.59. The molecule has 0 aromatic carbocycles. The molecule has 14 heavy (non-hydrogen) atoms. The van der Waals surface area contributed by atoms with Crippen molar-refractivity contribution in [2.24, 2.45) is 0 Å². The van der Waals surface area contributed by atoms with Gasteiger partial charge < -0.3 is 4.79 Å². The van der Waals surface area contributed by atoms with E-state index in [0.717, 1.165) is 12.5 Å². The van der Waals surface area contributed by atoms with Crippen molar-refractivity contribution in [3.63, 3.8) is 0 Å². The first kappa shape index (κ1) is 10.8. The number of hydrogen-bond donors (Lipinski definition) is 0. The van der Waals surface area contributed by atoms with Gasteiger partial charge in [0.25, 0.3) is 0 Å². The van der Waals surface area contributed by atoms with Gasteiger partial charge in [-0.05, 0) is 24.1 Å². The van der Waals surface area contributed by atoms with Crippen molar-refractivity contribution < 1.29 is 13.2 Å². The van der Waals surface area contributed by atoms with Crippen LogP contribution >= 0.6 is 0 Å². The van der Waals surface area contributed by atoms with Gasteiger partial charge in [0, 0.05) is 18.9 Å². The Bertz CT molecular complexity index is 425. The Hall–Kier alpha value is -1.23.